The molecule has 2 amide bonds. The van der Waals surface area contributed by atoms with Crippen molar-refractivity contribution in [2.24, 2.45) is 5.92 Å². The average Bonchev–Trinajstić information content (AvgIpc) is 3.13. The molecule has 142 valence electrons. The molecule has 0 saturated carbocycles. The zero-order chi connectivity index (χ0) is 18.8. The molecule has 1 N–H and O–H groups in total. The SMILES string of the molecule is Cc1ccc(NC(=O)C2CCN(C(=O)c3csc4c3CCCC4)CC2)nc1. The fourth-order valence-electron chi connectivity index (χ4n) is 3.96. The maximum absolute atomic E-state index is 13.0. The minimum Gasteiger partial charge on any atom is -0.339 e. The third-order valence-corrected chi connectivity index (χ3v) is 6.70. The molecule has 6 heteroatoms. The molecule has 2 aromatic rings. The third-order valence-electron chi connectivity index (χ3n) is 5.61. The molecule has 0 aromatic carbocycles. The van der Waals surface area contributed by atoms with Crippen molar-refractivity contribution in [3.63, 3.8) is 0 Å². The van der Waals surface area contributed by atoms with Gasteiger partial charge in [0.25, 0.3) is 5.91 Å². The van der Waals surface area contributed by atoms with Crippen LogP contribution in [0.4, 0.5) is 5.82 Å². The summed E-state index contributed by atoms with van der Waals surface area (Å²) in [6, 6.07) is 3.76. The van der Waals surface area contributed by atoms with E-state index in [1.807, 2.05) is 29.3 Å². The number of fused-ring (bicyclic) bond motifs is 1. The Hall–Kier alpha value is -2.21. The topological polar surface area (TPSA) is 62.3 Å². The number of hydrogen-bond donors (Lipinski definition) is 1. The molecule has 4 rings (SSSR count). The predicted octanol–water partition coefficient (Wildman–Crippen LogP) is 3.82. The molecule has 0 unspecified atom stereocenters. The van der Waals surface area contributed by atoms with Crippen LogP contribution in [0.5, 0.6) is 0 Å². The highest BCUT2D eigenvalue weighted by atomic mass is 32.1. The van der Waals surface area contributed by atoms with E-state index in [1.165, 1.54) is 23.3 Å². The second-order valence-corrected chi connectivity index (χ2v) is 8.50. The molecule has 1 aliphatic carbocycles. The van der Waals surface area contributed by atoms with E-state index in [1.54, 1.807) is 17.5 Å². The Morgan fingerprint density at radius 2 is 1.96 bits per heavy atom. The first kappa shape index (κ1) is 18.2. The summed E-state index contributed by atoms with van der Waals surface area (Å²) in [6.45, 7) is 3.25. The Balaban J connectivity index is 1.34. The number of carbonyl (C=O) groups is 2. The monoisotopic (exact) mass is 383 g/mol. The summed E-state index contributed by atoms with van der Waals surface area (Å²) >= 11 is 1.73. The van der Waals surface area contributed by atoms with Gasteiger partial charge in [0.1, 0.15) is 5.82 Å². The van der Waals surface area contributed by atoms with Crippen LogP contribution < -0.4 is 5.32 Å². The van der Waals surface area contributed by atoms with Crippen molar-refractivity contribution in [1.82, 2.24) is 9.88 Å². The summed E-state index contributed by atoms with van der Waals surface area (Å²) in [5.74, 6) is 0.683. The first-order chi connectivity index (χ1) is 13.1. The number of rotatable bonds is 3. The molecule has 1 fully saturated rings. The molecule has 0 bridgehead atoms. The van der Waals surface area contributed by atoms with Crippen LogP contribution in [0.1, 0.15) is 52.0 Å². The van der Waals surface area contributed by atoms with Crippen LogP contribution in [-0.2, 0) is 17.6 Å². The minimum atomic E-state index is -0.0615. The van der Waals surface area contributed by atoms with E-state index < -0.39 is 0 Å². The van der Waals surface area contributed by atoms with Gasteiger partial charge in [-0.1, -0.05) is 6.07 Å². The molecular formula is C21H25N3O2S. The molecule has 3 heterocycles. The number of carbonyl (C=O) groups excluding carboxylic acids is 2. The van der Waals surface area contributed by atoms with E-state index in [9.17, 15) is 9.59 Å². The number of thiophene rings is 1. The fourth-order valence-corrected chi connectivity index (χ4v) is 5.08. The van der Waals surface area contributed by atoms with Gasteiger partial charge in [0.15, 0.2) is 0 Å². The second-order valence-electron chi connectivity index (χ2n) is 7.53. The van der Waals surface area contributed by atoms with Gasteiger partial charge in [-0.2, -0.15) is 0 Å². The van der Waals surface area contributed by atoms with E-state index in [0.29, 0.717) is 31.7 Å². The number of nitrogens with zero attached hydrogens (tertiary/aromatic N) is 2. The lowest BCUT2D eigenvalue weighted by Crippen LogP contribution is -2.41. The van der Waals surface area contributed by atoms with Gasteiger partial charge in [-0.05, 0) is 62.6 Å². The molecule has 1 aliphatic heterocycles. The Morgan fingerprint density at radius 3 is 2.70 bits per heavy atom. The largest absolute Gasteiger partial charge is 0.339 e. The number of aromatic nitrogens is 1. The average molecular weight is 384 g/mol. The van der Waals surface area contributed by atoms with Crippen molar-refractivity contribution in [1.29, 1.82) is 0 Å². The van der Waals surface area contributed by atoms with Crippen molar-refractivity contribution in [2.45, 2.75) is 45.4 Å². The minimum absolute atomic E-state index is 0.00589. The van der Waals surface area contributed by atoms with Crippen molar-refractivity contribution in [2.75, 3.05) is 18.4 Å². The summed E-state index contributed by atoms with van der Waals surface area (Å²) in [5.41, 5.74) is 3.25. The van der Waals surface area contributed by atoms with Crippen LogP contribution in [0.25, 0.3) is 0 Å². The molecule has 2 aromatic heterocycles. The third kappa shape index (κ3) is 3.90. The lowest BCUT2D eigenvalue weighted by atomic mass is 9.93. The number of nitrogens with one attached hydrogen (secondary N) is 1. The molecule has 1 saturated heterocycles. The van der Waals surface area contributed by atoms with Crippen LogP contribution in [0, 0.1) is 12.8 Å². The summed E-state index contributed by atoms with van der Waals surface area (Å²) in [5, 5.41) is 4.94. The zero-order valence-electron chi connectivity index (χ0n) is 15.7. The number of amides is 2. The van der Waals surface area contributed by atoms with E-state index in [-0.39, 0.29) is 17.7 Å². The zero-order valence-corrected chi connectivity index (χ0v) is 16.5. The molecule has 0 spiro atoms. The van der Waals surface area contributed by atoms with Gasteiger partial charge in [-0.15, -0.1) is 11.3 Å². The van der Waals surface area contributed by atoms with Gasteiger partial charge in [-0.25, -0.2) is 4.98 Å². The van der Waals surface area contributed by atoms with E-state index >= 15 is 0 Å². The first-order valence-corrected chi connectivity index (χ1v) is 10.6. The highest BCUT2D eigenvalue weighted by Crippen LogP contribution is 2.31. The summed E-state index contributed by atoms with van der Waals surface area (Å²) in [4.78, 5) is 33.0. The fraction of sp³-hybridized carbons (Fsp3) is 0.476. The van der Waals surface area contributed by atoms with E-state index in [4.69, 9.17) is 0 Å². The number of hydrogen-bond acceptors (Lipinski definition) is 4. The van der Waals surface area contributed by atoms with Crippen LogP contribution in [0.15, 0.2) is 23.7 Å². The smallest absolute Gasteiger partial charge is 0.254 e. The van der Waals surface area contributed by atoms with Gasteiger partial charge < -0.3 is 10.2 Å². The molecule has 2 aliphatic rings. The van der Waals surface area contributed by atoms with Crippen LogP contribution in [0.3, 0.4) is 0 Å². The van der Waals surface area contributed by atoms with Gasteiger partial charge >= 0.3 is 0 Å². The maximum Gasteiger partial charge on any atom is 0.254 e. The van der Waals surface area contributed by atoms with Crippen LogP contribution >= 0.6 is 11.3 Å². The second kappa shape index (κ2) is 7.80. The first-order valence-electron chi connectivity index (χ1n) is 9.74. The highest BCUT2D eigenvalue weighted by molar-refractivity contribution is 7.10. The van der Waals surface area contributed by atoms with Gasteiger partial charge in [0.2, 0.25) is 5.91 Å². The lowest BCUT2D eigenvalue weighted by molar-refractivity contribution is -0.121. The van der Waals surface area contributed by atoms with Crippen molar-refractivity contribution < 1.29 is 9.59 Å². The molecule has 0 radical (unpaired) electrons. The van der Waals surface area contributed by atoms with Crippen LogP contribution in [0.2, 0.25) is 0 Å². The Morgan fingerprint density at radius 1 is 1.19 bits per heavy atom. The standard InChI is InChI=1S/C21H25N3O2S/c1-14-6-7-19(22-12-14)23-20(25)15-8-10-24(11-9-15)21(26)17-13-27-18-5-3-2-4-16(17)18/h6-7,12-13,15H,2-5,8-11H2,1H3,(H,22,23,25). The van der Waals surface area contributed by atoms with Crippen molar-refractivity contribution in [3.05, 3.63) is 45.3 Å². The van der Waals surface area contributed by atoms with Gasteiger partial charge in [-0.3, -0.25) is 9.59 Å². The van der Waals surface area contributed by atoms with Gasteiger partial charge in [0, 0.05) is 35.5 Å². The Kier molecular flexibility index (Phi) is 5.25. The van der Waals surface area contributed by atoms with E-state index in [0.717, 1.165) is 24.0 Å². The summed E-state index contributed by atoms with van der Waals surface area (Å²) in [7, 11) is 0. The van der Waals surface area contributed by atoms with Gasteiger partial charge in [0.05, 0.1) is 5.56 Å². The Bertz CT molecular complexity index is 836. The number of anilines is 1. The molecule has 0 atom stereocenters. The number of likely N-dealkylation sites (tertiary alicyclic amines) is 1. The summed E-state index contributed by atoms with van der Waals surface area (Å²) < 4.78 is 0. The number of piperidine rings is 1. The summed E-state index contributed by atoms with van der Waals surface area (Å²) in [6.07, 6.45) is 7.71. The lowest BCUT2D eigenvalue weighted by Gasteiger charge is -2.31. The Labute approximate surface area is 163 Å². The molecule has 27 heavy (non-hydrogen) atoms. The van der Waals surface area contributed by atoms with Crippen molar-refractivity contribution in [3.8, 4) is 0 Å². The quantitative estimate of drug-likeness (QED) is 0.876. The molecular weight excluding hydrogens is 358 g/mol. The van der Waals surface area contributed by atoms with E-state index in [2.05, 4.69) is 10.3 Å². The van der Waals surface area contributed by atoms with Crippen LogP contribution in [-0.4, -0.2) is 34.8 Å². The number of pyridine rings is 1. The molecule has 5 nitrogen and oxygen atoms in total. The predicted molar refractivity (Wildman–Crippen MR) is 107 cm³/mol. The highest BCUT2D eigenvalue weighted by Gasteiger charge is 2.30. The van der Waals surface area contributed by atoms with Crippen molar-refractivity contribution >= 4 is 29.0 Å². The maximum atomic E-state index is 13.0. The number of aryl methyl sites for hydroxylation is 2. The normalized spacial score (nSPS) is 17.4.